The van der Waals surface area contributed by atoms with Gasteiger partial charge in [0, 0.05) is 32.2 Å². The van der Waals surface area contributed by atoms with Crippen LogP contribution in [0.3, 0.4) is 0 Å². The molecule has 0 amide bonds. The van der Waals surface area contributed by atoms with Crippen molar-refractivity contribution in [2.75, 3.05) is 32.9 Å². The Kier molecular flexibility index (Phi) is 5.65. The fourth-order valence-corrected chi connectivity index (χ4v) is 2.20. The lowest BCUT2D eigenvalue weighted by Gasteiger charge is -2.33. The molecule has 0 spiro atoms. The van der Waals surface area contributed by atoms with Gasteiger partial charge >= 0.3 is 0 Å². The Labute approximate surface area is 112 Å². The number of rotatable bonds is 3. The second-order valence-corrected chi connectivity index (χ2v) is 4.24. The average Bonchev–Trinajstić information content (AvgIpc) is 2.30. The van der Waals surface area contributed by atoms with Crippen LogP contribution in [0.25, 0.3) is 0 Å². The Bertz CT molecular complexity index is 366. The normalized spacial score (nSPS) is 18.1. The second kappa shape index (κ2) is 6.78. The van der Waals surface area contributed by atoms with Crippen LogP contribution in [0.4, 0.5) is 4.39 Å². The smallest absolute Gasteiger partial charge is 0.119 e. The fourth-order valence-electron chi connectivity index (χ4n) is 2.20. The Morgan fingerprint density at radius 1 is 1.17 bits per heavy atom. The SMILES string of the molecule is Cl.Oc1cc(O)cc([C@@H](CF)N2CCNCC2)c1. The molecule has 1 atom stereocenters. The summed E-state index contributed by atoms with van der Waals surface area (Å²) in [6.07, 6.45) is 0. The largest absolute Gasteiger partial charge is 0.508 e. The van der Waals surface area contributed by atoms with Crippen LogP contribution in [0.2, 0.25) is 0 Å². The molecule has 1 saturated heterocycles. The highest BCUT2D eigenvalue weighted by Crippen LogP contribution is 2.28. The topological polar surface area (TPSA) is 55.7 Å². The lowest BCUT2D eigenvalue weighted by atomic mass is 10.0. The van der Waals surface area contributed by atoms with Gasteiger partial charge in [-0.2, -0.15) is 0 Å². The van der Waals surface area contributed by atoms with E-state index >= 15 is 0 Å². The molecule has 102 valence electrons. The van der Waals surface area contributed by atoms with Gasteiger partial charge in [-0.3, -0.25) is 4.90 Å². The van der Waals surface area contributed by atoms with E-state index in [4.69, 9.17) is 0 Å². The molecule has 0 aliphatic carbocycles. The molecule has 0 radical (unpaired) electrons. The molecule has 0 bridgehead atoms. The first kappa shape index (κ1) is 15.0. The molecule has 1 fully saturated rings. The van der Waals surface area contributed by atoms with Gasteiger partial charge in [-0.1, -0.05) is 0 Å². The highest BCUT2D eigenvalue weighted by Gasteiger charge is 2.22. The van der Waals surface area contributed by atoms with Gasteiger partial charge in [0.1, 0.15) is 18.2 Å². The van der Waals surface area contributed by atoms with E-state index in [1.54, 1.807) is 0 Å². The highest BCUT2D eigenvalue weighted by molar-refractivity contribution is 5.85. The third-order valence-corrected chi connectivity index (χ3v) is 3.05. The zero-order valence-electron chi connectivity index (χ0n) is 9.97. The molecule has 18 heavy (non-hydrogen) atoms. The first-order valence-electron chi connectivity index (χ1n) is 5.74. The van der Waals surface area contributed by atoms with Crippen molar-refractivity contribution in [1.29, 1.82) is 0 Å². The minimum atomic E-state index is -0.525. The number of hydrogen-bond donors (Lipinski definition) is 3. The number of nitrogens with zero attached hydrogens (tertiary/aromatic N) is 1. The van der Waals surface area contributed by atoms with Crippen molar-refractivity contribution in [3.05, 3.63) is 23.8 Å². The van der Waals surface area contributed by atoms with E-state index in [9.17, 15) is 14.6 Å². The third-order valence-electron chi connectivity index (χ3n) is 3.05. The Balaban J connectivity index is 0.00000162. The van der Waals surface area contributed by atoms with Gasteiger partial charge in [0.2, 0.25) is 0 Å². The molecule has 0 aromatic heterocycles. The van der Waals surface area contributed by atoms with Crippen LogP contribution in [-0.4, -0.2) is 48.0 Å². The number of benzene rings is 1. The van der Waals surface area contributed by atoms with Crippen molar-refractivity contribution < 1.29 is 14.6 Å². The van der Waals surface area contributed by atoms with E-state index in [-0.39, 0.29) is 23.9 Å². The summed E-state index contributed by atoms with van der Waals surface area (Å²) in [5.41, 5.74) is 0.618. The van der Waals surface area contributed by atoms with Crippen LogP contribution in [0.5, 0.6) is 11.5 Å². The third kappa shape index (κ3) is 3.48. The lowest BCUT2D eigenvalue weighted by molar-refractivity contribution is 0.147. The predicted octanol–water partition coefficient (Wildman–Crippen LogP) is 1.44. The Hall–Kier alpha value is -1.04. The average molecular weight is 277 g/mol. The number of hydrogen-bond acceptors (Lipinski definition) is 4. The Morgan fingerprint density at radius 3 is 2.22 bits per heavy atom. The summed E-state index contributed by atoms with van der Waals surface area (Å²) in [4.78, 5) is 2.02. The minimum absolute atomic E-state index is 0. The van der Waals surface area contributed by atoms with Crippen LogP contribution in [0.15, 0.2) is 18.2 Å². The second-order valence-electron chi connectivity index (χ2n) is 4.24. The quantitative estimate of drug-likeness (QED) is 0.782. The highest BCUT2D eigenvalue weighted by atomic mass is 35.5. The summed E-state index contributed by atoms with van der Waals surface area (Å²) in [7, 11) is 0. The van der Waals surface area contributed by atoms with E-state index in [2.05, 4.69) is 5.32 Å². The molecule has 4 nitrogen and oxygen atoms in total. The molecular formula is C12H18ClFN2O2. The summed E-state index contributed by atoms with van der Waals surface area (Å²) in [6.45, 7) is 2.68. The number of phenols is 2. The monoisotopic (exact) mass is 276 g/mol. The number of aromatic hydroxyl groups is 2. The summed E-state index contributed by atoms with van der Waals surface area (Å²) >= 11 is 0. The first-order valence-corrected chi connectivity index (χ1v) is 5.74. The maximum atomic E-state index is 13.2. The number of halogens is 2. The minimum Gasteiger partial charge on any atom is -0.508 e. The molecule has 0 saturated carbocycles. The zero-order valence-corrected chi connectivity index (χ0v) is 10.8. The molecule has 1 aliphatic rings. The van der Waals surface area contributed by atoms with Crippen LogP contribution >= 0.6 is 12.4 Å². The van der Waals surface area contributed by atoms with Crippen molar-refractivity contribution in [3.63, 3.8) is 0 Å². The molecule has 1 heterocycles. The maximum absolute atomic E-state index is 13.2. The predicted molar refractivity (Wildman–Crippen MR) is 70.2 cm³/mol. The molecule has 1 aromatic carbocycles. The van der Waals surface area contributed by atoms with Crippen molar-refractivity contribution in [2.45, 2.75) is 6.04 Å². The van der Waals surface area contributed by atoms with Crippen molar-refractivity contribution in [2.24, 2.45) is 0 Å². The van der Waals surface area contributed by atoms with Gasteiger partial charge in [0.05, 0.1) is 6.04 Å². The molecule has 3 N–H and O–H groups in total. The molecular weight excluding hydrogens is 259 g/mol. The van der Waals surface area contributed by atoms with Crippen LogP contribution in [0.1, 0.15) is 11.6 Å². The first-order chi connectivity index (χ1) is 8.20. The Morgan fingerprint density at radius 2 is 1.72 bits per heavy atom. The van der Waals surface area contributed by atoms with Gasteiger partial charge in [-0.25, -0.2) is 4.39 Å². The fraction of sp³-hybridized carbons (Fsp3) is 0.500. The van der Waals surface area contributed by atoms with Gasteiger partial charge in [0.15, 0.2) is 0 Å². The molecule has 1 aromatic rings. The number of phenolic OH excluding ortho intramolecular Hbond substituents is 2. The summed E-state index contributed by atoms with van der Waals surface area (Å²) in [5, 5.41) is 22.1. The van der Waals surface area contributed by atoms with Gasteiger partial charge in [0.25, 0.3) is 0 Å². The molecule has 0 unspecified atom stereocenters. The maximum Gasteiger partial charge on any atom is 0.119 e. The number of piperazine rings is 1. The van der Waals surface area contributed by atoms with E-state index < -0.39 is 12.7 Å². The summed E-state index contributed by atoms with van der Waals surface area (Å²) < 4.78 is 13.2. The molecule has 6 heteroatoms. The summed E-state index contributed by atoms with van der Waals surface area (Å²) in [5.74, 6) is -0.0674. The van der Waals surface area contributed by atoms with E-state index in [0.29, 0.717) is 5.56 Å². The molecule has 1 aliphatic heterocycles. The lowest BCUT2D eigenvalue weighted by Crippen LogP contribution is -2.45. The van der Waals surface area contributed by atoms with Gasteiger partial charge in [-0.05, 0) is 17.7 Å². The van der Waals surface area contributed by atoms with Crippen molar-refractivity contribution in [3.8, 4) is 11.5 Å². The van der Waals surface area contributed by atoms with Crippen molar-refractivity contribution >= 4 is 12.4 Å². The van der Waals surface area contributed by atoms with Crippen LogP contribution < -0.4 is 5.32 Å². The summed E-state index contributed by atoms with van der Waals surface area (Å²) in [6, 6.07) is 3.87. The number of nitrogens with one attached hydrogen (secondary N) is 1. The molecule has 2 rings (SSSR count). The standard InChI is InChI=1S/C12H17FN2O2.ClH/c13-8-12(15-3-1-14-2-4-15)9-5-10(16)7-11(17)6-9;/h5-7,12,14,16-17H,1-4,8H2;1H/t12-;/m1./s1. The van der Waals surface area contributed by atoms with Crippen LogP contribution in [0, 0.1) is 0 Å². The van der Waals surface area contributed by atoms with E-state index in [0.717, 1.165) is 26.2 Å². The van der Waals surface area contributed by atoms with Crippen LogP contribution in [-0.2, 0) is 0 Å². The van der Waals surface area contributed by atoms with Gasteiger partial charge in [-0.15, -0.1) is 12.4 Å². The van der Waals surface area contributed by atoms with E-state index in [1.165, 1.54) is 18.2 Å². The number of alkyl halides is 1. The van der Waals surface area contributed by atoms with Crippen molar-refractivity contribution in [1.82, 2.24) is 10.2 Å². The van der Waals surface area contributed by atoms with E-state index in [1.807, 2.05) is 4.90 Å². The zero-order chi connectivity index (χ0) is 12.3. The van der Waals surface area contributed by atoms with Gasteiger partial charge < -0.3 is 15.5 Å².